The Bertz CT molecular complexity index is 754. The van der Waals surface area contributed by atoms with Crippen LogP contribution in [0, 0.1) is 5.92 Å². The third-order valence-corrected chi connectivity index (χ3v) is 5.76. The molecule has 0 saturated heterocycles. The van der Waals surface area contributed by atoms with Gasteiger partial charge in [0.2, 0.25) is 0 Å². The number of hydrogen-bond donors (Lipinski definition) is 1. The van der Waals surface area contributed by atoms with Crippen molar-refractivity contribution >= 4 is 23.2 Å². The van der Waals surface area contributed by atoms with Crippen LogP contribution in [0.15, 0.2) is 36.4 Å². The van der Waals surface area contributed by atoms with E-state index in [0.717, 1.165) is 18.4 Å². The van der Waals surface area contributed by atoms with Gasteiger partial charge in [-0.3, -0.25) is 4.79 Å². The molecule has 25 heavy (non-hydrogen) atoms. The summed E-state index contributed by atoms with van der Waals surface area (Å²) in [5, 5.41) is 2.84. The van der Waals surface area contributed by atoms with Crippen LogP contribution in [-0.2, 0) is 22.4 Å². The van der Waals surface area contributed by atoms with Gasteiger partial charge in [-0.1, -0.05) is 37.3 Å². The van der Waals surface area contributed by atoms with Crippen molar-refractivity contribution in [3.63, 3.8) is 0 Å². The molecule has 1 N–H and O–H groups in total. The second-order valence-electron chi connectivity index (χ2n) is 6.68. The maximum absolute atomic E-state index is 12.2. The zero-order valence-electron chi connectivity index (χ0n) is 14.6. The van der Waals surface area contributed by atoms with Crippen molar-refractivity contribution in [3.8, 4) is 0 Å². The highest BCUT2D eigenvalue weighted by atomic mass is 32.1. The van der Waals surface area contributed by atoms with E-state index in [-0.39, 0.29) is 18.6 Å². The van der Waals surface area contributed by atoms with E-state index in [1.54, 1.807) is 0 Å². The summed E-state index contributed by atoms with van der Waals surface area (Å²) in [7, 11) is 0. The zero-order valence-corrected chi connectivity index (χ0v) is 15.4. The molecule has 2 atom stereocenters. The number of thiophene rings is 1. The molecular weight excluding hydrogens is 334 g/mol. The fourth-order valence-electron chi connectivity index (χ4n) is 3.12. The smallest absolute Gasteiger partial charge is 0.348 e. The summed E-state index contributed by atoms with van der Waals surface area (Å²) in [5.41, 5.74) is 2.28. The lowest BCUT2D eigenvalue weighted by Gasteiger charge is -2.16. The van der Waals surface area contributed by atoms with Gasteiger partial charge in [0.1, 0.15) is 4.88 Å². The molecule has 1 aliphatic rings. The third kappa shape index (κ3) is 4.48. The van der Waals surface area contributed by atoms with Gasteiger partial charge >= 0.3 is 5.97 Å². The molecule has 5 heteroatoms. The highest BCUT2D eigenvalue weighted by Gasteiger charge is 2.22. The number of carbonyl (C=O) groups excluding carboxylic acids is 2. The van der Waals surface area contributed by atoms with Gasteiger partial charge in [-0.2, -0.15) is 0 Å². The Morgan fingerprint density at radius 2 is 2.08 bits per heavy atom. The van der Waals surface area contributed by atoms with E-state index < -0.39 is 5.97 Å². The predicted molar refractivity (Wildman–Crippen MR) is 98.8 cm³/mol. The van der Waals surface area contributed by atoms with Crippen LogP contribution >= 0.6 is 11.3 Å². The number of hydrogen-bond acceptors (Lipinski definition) is 4. The molecular formula is C20H23NO3S. The highest BCUT2D eigenvalue weighted by Crippen LogP contribution is 2.32. The molecule has 0 bridgehead atoms. The van der Waals surface area contributed by atoms with Gasteiger partial charge in [0.15, 0.2) is 6.61 Å². The first-order chi connectivity index (χ1) is 12.0. The van der Waals surface area contributed by atoms with Crippen molar-refractivity contribution in [1.29, 1.82) is 0 Å². The van der Waals surface area contributed by atoms with Crippen LogP contribution in [0.5, 0.6) is 0 Å². The maximum Gasteiger partial charge on any atom is 0.348 e. The van der Waals surface area contributed by atoms with E-state index in [2.05, 4.69) is 12.2 Å². The van der Waals surface area contributed by atoms with E-state index in [1.165, 1.54) is 28.2 Å². The molecule has 4 nitrogen and oxygen atoms in total. The summed E-state index contributed by atoms with van der Waals surface area (Å²) >= 11 is 1.50. The summed E-state index contributed by atoms with van der Waals surface area (Å²) < 4.78 is 5.19. The van der Waals surface area contributed by atoms with Crippen molar-refractivity contribution in [1.82, 2.24) is 5.32 Å². The number of ether oxygens (including phenoxy) is 1. The SMILES string of the molecule is C[C@@H]1CCc2sc(C(=O)OCC(=O)N[C@H](C)c3ccccc3)cc2C1. The van der Waals surface area contributed by atoms with Crippen molar-refractivity contribution < 1.29 is 14.3 Å². The summed E-state index contributed by atoms with van der Waals surface area (Å²) in [4.78, 5) is 26.1. The standard InChI is InChI=1S/C20H23NO3S/c1-13-8-9-17-16(10-13)11-18(25-17)20(23)24-12-19(22)21-14(2)15-6-4-3-5-7-15/h3-7,11,13-14H,8-10,12H2,1-2H3,(H,21,22)/t13-,14-/m1/s1. The topological polar surface area (TPSA) is 55.4 Å². The number of carbonyl (C=O) groups is 2. The Kier molecular flexibility index (Phi) is 5.53. The van der Waals surface area contributed by atoms with E-state index in [9.17, 15) is 9.59 Å². The van der Waals surface area contributed by atoms with Gasteiger partial charge in [0.05, 0.1) is 6.04 Å². The summed E-state index contributed by atoms with van der Waals surface area (Å²) in [6.45, 7) is 3.88. The van der Waals surface area contributed by atoms with Crippen LogP contribution < -0.4 is 5.32 Å². The van der Waals surface area contributed by atoms with Gasteiger partial charge in [-0.25, -0.2) is 4.79 Å². The van der Waals surface area contributed by atoms with E-state index in [0.29, 0.717) is 10.8 Å². The molecule has 1 aromatic carbocycles. The lowest BCUT2D eigenvalue weighted by molar-refractivity contribution is -0.124. The average molecular weight is 357 g/mol. The number of benzene rings is 1. The van der Waals surface area contributed by atoms with Crippen LogP contribution in [0.4, 0.5) is 0 Å². The first kappa shape index (κ1) is 17.7. The van der Waals surface area contributed by atoms with E-state index >= 15 is 0 Å². The fraction of sp³-hybridized carbons (Fsp3) is 0.400. The normalized spacial score (nSPS) is 17.4. The quantitative estimate of drug-likeness (QED) is 0.826. The van der Waals surface area contributed by atoms with Crippen LogP contribution in [0.2, 0.25) is 0 Å². The molecule has 0 radical (unpaired) electrons. The monoisotopic (exact) mass is 357 g/mol. The molecule has 0 fully saturated rings. The number of rotatable bonds is 5. The lowest BCUT2D eigenvalue weighted by Crippen LogP contribution is -2.31. The molecule has 0 unspecified atom stereocenters. The molecule has 3 rings (SSSR count). The van der Waals surface area contributed by atoms with Gasteiger partial charge in [0.25, 0.3) is 5.91 Å². The minimum atomic E-state index is -0.408. The lowest BCUT2D eigenvalue weighted by atomic mass is 9.90. The number of esters is 1. The minimum Gasteiger partial charge on any atom is -0.451 e. The molecule has 0 spiro atoms. The first-order valence-corrected chi connectivity index (χ1v) is 9.47. The number of amides is 1. The second kappa shape index (κ2) is 7.83. The molecule has 1 heterocycles. The van der Waals surface area contributed by atoms with E-state index in [1.807, 2.05) is 43.3 Å². The van der Waals surface area contributed by atoms with Gasteiger partial charge in [-0.15, -0.1) is 11.3 Å². The van der Waals surface area contributed by atoms with Gasteiger partial charge in [0, 0.05) is 4.88 Å². The first-order valence-electron chi connectivity index (χ1n) is 8.66. The summed E-state index contributed by atoms with van der Waals surface area (Å²) in [6.07, 6.45) is 3.22. The second-order valence-corrected chi connectivity index (χ2v) is 7.82. The third-order valence-electron chi connectivity index (χ3n) is 4.54. The molecule has 1 amide bonds. The van der Waals surface area contributed by atoms with E-state index in [4.69, 9.17) is 4.74 Å². The average Bonchev–Trinajstić information content (AvgIpc) is 3.03. The Balaban J connectivity index is 1.51. The predicted octanol–water partition coefficient (Wildman–Crippen LogP) is 3.91. The Hall–Kier alpha value is -2.14. The molecule has 132 valence electrons. The molecule has 1 aliphatic carbocycles. The Labute approximate surface area is 152 Å². The minimum absolute atomic E-state index is 0.122. The Morgan fingerprint density at radius 3 is 2.84 bits per heavy atom. The Morgan fingerprint density at radius 1 is 1.32 bits per heavy atom. The number of aryl methyl sites for hydroxylation is 1. The molecule has 0 aliphatic heterocycles. The van der Waals surface area contributed by atoms with Crippen LogP contribution in [-0.4, -0.2) is 18.5 Å². The van der Waals surface area contributed by atoms with Crippen molar-refractivity contribution in [2.24, 2.45) is 5.92 Å². The van der Waals surface area contributed by atoms with Crippen LogP contribution in [0.1, 0.15) is 52.0 Å². The van der Waals surface area contributed by atoms with Crippen molar-refractivity contribution in [3.05, 3.63) is 57.3 Å². The molecule has 0 saturated carbocycles. The van der Waals surface area contributed by atoms with Crippen LogP contribution in [0.25, 0.3) is 0 Å². The van der Waals surface area contributed by atoms with Crippen molar-refractivity contribution in [2.75, 3.05) is 6.61 Å². The summed E-state index contributed by atoms with van der Waals surface area (Å²) in [5.74, 6) is -0.0366. The van der Waals surface area contributed by atoms with Gasteiger partial charge in [-0.05, 0) is 49.3 Å². The maximum atomic E-state index is 12.2. The fourth-order valence-corrected chi connectivity index (χ4v) is 4.22. The van der Waals surface area contributed by atoms with Gasteiger partial charge < -0.3 is 10.1 Å². The van der Waals surface area contributed by atoms with Crippen molar-refractivity contribution in [2.45, 2.75) is 39.2 Å². The largest absolute Gasteiger partial charge is 0.451 e. The highest BCUT2D eigenvalue weighted by molar-refractivity contribution is 7.14. The molecule has 1 aromatic heterocycles. The van der Waals surface area contributed by atoms with Crippen LogP contribution in [0.3, 0.4) is 0 Å². The molecule has 2 aromatic rings. The zero-order chi connectivity index (χ0) is 17.8. The number of nitrogens with one attached hydrogen (secondary N) is 1. The number of fused-ring (bicyclic) bond motifs is 1. The summed E-state index contributed by atoms with van der Waals surface area (Å²) in [6, 6.07) is 11.5.